The van der Waals surface area contributed by atoms with E-state index in [9.17, 15) is 15.0 Å². The summed E-state index contributed by atoms with van der Waals surface area (Å²) in [5.41, 5.74) is -0.292. The molecule has 2 bridgehead atoms. The van der Waals surface area contributed by atoms with E-state index in [4.69, 9.17) is 23.7 Å². The van der Waals surface area contributed by atoms with Gasteiger partial charge in [0.05, 0.1) is 13.2 Å². The third-order valence-corrected chi connectivity index (χ3v) is 9.38. The number of carbonyl (C=O) groups is 1. The first-order valence-corrected chi connectivity index (χ1v) is 11.7. The van der Waals surface area contributed by atoms with Gasteiger partial charge in [-0.3, -0.25) is 0 Å². The lowest BCUT2D eigenvalue weighted by atomic mass is 9.46. The van der Waals surface area contributed by atoms with Crippen molar-refractivity contribution in [2.24, 2.45) is 11.3 Å². The van der Waals surface area contributed by atoms with Crippen LogP contribution in [0.25, 0.3) is 0 Å². The number of benzene rings is 1. The van der Waals surface area contributed by atoms with E-state index in [0.717, 1.165) is 16.7 Å². The van der Waals surface area contributed by atoms with Crippen molar-refractivity contribution in [2.75, 3.05) is 7.11 Å². The zero-order chi connectivity index (χ0) is 23.8. The van der Waals surface area contributed by atoms with Crippen LogP contribution in [0.4, 0.5) is 0 Å². The topological polar surface area (TPSA) is 104 Å². The molecule has 4 heterocycles. The van der Waals surface area contributed by atoms with Gasteiger partial charge in [0.2, 0.25) is 0 Å². The summed E-state index contributed by atoms with van der Waals surface area (Å²) in [7, 11) is 1.57. The van der Waals surface area contributed by atoms with Gasteiger partial charge in [0, 0.05) is 35.3 Å². The lowest BCUT2D eigenvalue weighted by Crippen LogP contribution is -2.76. The molecule has 1 aliphatic carbocycles. The zero-order valence-electron chi connectivity index (χ0n) is 20.0. The van der Waals surface area contributed by atoms with Crippen LogP contribution in [0.1, 0.15) is 74.0 Å². The molecule has 6 atom stereocenters. The highest BCUT2D eigenvalue weighted by Crippen LogP contribution is 2.70. The molecule has 0 amide bonds. The number of ether oxygens (including phenoxy) is 5. The molecule has 0 radical (unpaired) electrons. The van der Waals surface area contributed by atoms with E-state index in [1.165, 1.54) is 0 Å². The summed E-state index contributed by atoms with van der Waals surface area (Å²) in [6, 6.07) is 0. The Labute approximate surface area is 193 Å². The van der Waals surface area contributed by atoms with Crippen molar-refractivity contribution in [1.82, 2.24) is 0 Å². The summed E-state index contributed by atoms with van der Waals surface area (Å²) in [5, 5.41) is 22.6. The SMILES string of the molecule is COc1c2c(c(C)c3c1C(=O)OC3)O[C@]1(C)C[C@H](O)[C@@]34O[C@@](O)(CC[C@]3(C)[C@H]1C2)OC4(C)C. The lowest BCUT2D eigenvalue weighted by molar-refractivity contribution is -0.384. The summed E-state index contributed by atoms with van der Waals surface area (Å²) in [6.07, 6.45) is 0.893. The molecule has 6 rings (SSSR count). The van der Waals surface area contributed by atoms with Gasteiger partial charge < -0.3 is 33.9 Å². The highest BCUT2D eigenvalue weighted by Gasteiger charge is 2.80. The molecule has 5 aliphatic rings. The molecule has 1 aromatic rings. The van der Waals surface area contributed by atoms with Gasteiger partial charge in [-0.2, -0.15) is 0 Å². The van der Waals surface area contributed by atoms with Gasteiger partial charge in [0.25, 0.3) is 5.97 Å². The molecule has 3 fully saturated rings. The number of fused-ring (bicyclic) bond motifs is 5. The smallest absolute Gasteiger partial charge is 0.342 e. The van der Waals surface area contributed by atoms with Crippen molar-refractivity contribution in [3.05, 3.63) is 22.3 Å². The second kappa shape index (κ2) is 6.03. The normalized spacial score (nSPS) is 44.2. The summed E-state index contributed by atoms with van der Waals surface area (Å²) < 4.78 is 30.2. The number of carbonyl (C=O) groups excluding carboxylic acids is 1. The van der Waals surface area contributed by atoms with Crippen LogP contribution in [0.15, 0.2) is 0 Å². The standard InChI is InChI=1S/C25H32O8/c1-12-14-11-30-20(27)17(14)19(29-6)13-9-15-22(4)7-8-24(28)32-21(2,3)25(22,33-24)16(26)10-23(15,5)31-18(12)13/h15-16,26,28H,7-11H2,1-6H3/t15-,16+,22-,23-,24-,25+/m1/s1. The van der Waals surface area contributed by atoms with Crippen molar-refractivity contribution in [3.63, 3.8) is 0 Å². The minimum absolute atomic E-state index is 0.0878. The average Bonchev–Trinajstić information content (AvgIpc) is 3.19. The Morgan fingerprint density at radius 1 is 1.09 bits per heavy atom. The van der Waals surface area contributed by atoms with Crippen molar-refractivity contribution in [2.45, 2.75) is 95.8 Å². The number of hydrogen-bond acceptors (Lipinski definition) is 8. The number of methoxy groups -OCH3 is 1. The minimum Gasteiger partial charge on any atom is -0.495 e. The predicted molar refractivity (Wildman–Crippen MR) is 115 cm³/mol. The van der Waals surface area contributed by atoms with Crippen molar-refractivity contribution in [1.29, 1.82) is 0 Å². The number of esters is 1. The summed E-state index contributed by atoms with van der Waals surface area (Å²) in [6.45, 7) is 10.1. The Kier molecular flexibility index (Phi) is 3.95. The number of rotatable bonds is 1. The number of cyclic esters (lactones) is 1. The van der Waals surface area contributed by atoms with Crippen LogP contribution in [-0.4, -0.2) is 52.2 Å². The van der Waals surface area contributed by atoms with Crippen molar-refractivity contribution >= 4 is 5.97 Å². The molecule has 8 heteroatoms. The number of hydrogen-bond donors (Lipinski definition) is 2. The monoisotopic (exact) mass is 460 g/mol. The van der Waals surface area contributed by atoms with Crippen LogP contribution >= 0.6 is 0 Å². The van der Waals surface area contributed by atoms with E-state index in [1.54, 1.807) is 7.11 Å². The maximum atomic E-state index is 12.5. The fourth-order valence-electron chi connectivity index (χ4n) is 8.09. The molecule has 1 spiro atoms. The van der Waals surface area contributed by atoms with Crippen LogP contribution in [-0.2, 0) is 27.2 Å². The van der Waals surface area contributed by atoms with Crippen LogP contribution in [0.5, 0.6) is 11.5 Å². The molecule has 0 unspecified atom stereocenters. The Bertz CT molecular complexity index is 1100. The van der Waals surface area contributed by atoms with Gasteiger partial charge in [-0.1, -0.05) is 6.92 Å². The lowest BCUT2D eigenvalue weighted by Gasteiger charge is -2.66. The molecule has 4 aliphatic heterocycles. The van der Waals surface area contributed by atoms with Crippen molar-refractivity contribution < 1.29 is 38.7 Å². The molecule has 180 valence electrons. The third-order valence-electron chi connectivity index (χ3n) is 9.38. The first-order valence-electron chi connectivity index (χ1n) is 11.7. The van der Waals surface area contributed by atoms with Gasteiger partial charge >= 0.3 is 5.97 Å². The molecule has 1 saturated carbocycles. The van der Waals surface area contributed by atoms with Gasteiger partial charge in [0.15, 0.2) is 0 Å². The maximum absolute atomic E-state index is 12.5. The molecule has 2 N–H and O–H groups in total. The predicted octanol–water partition coefficient (Wildman–Crippen LogP) is 2.76. The number of aliphatic hydroxyl groups excluding tert-OH is 1. The second-order valence-corrected chi connectivity index (χ2v) is 11.4. The quantitative estimate of drug-likeness (QED) is 0.617. The Morgan fingerprint density at radius 3 is 2.52 bits per heavy atom. The van der Waals surface area contributed by atoms with Crippen molar-refractivity contribution in [3.8, 4) is 11.5 Å². The summed E-state index contributed by atoms with van der Waals surface area (Å²) >= 11 is 0. The van der Waals surface area contributed by atoms with Crippen LogP contribution in [0.3, 0.4) is 0 Å². The molecule has 2 saturated heterocycles. The molecule has 0 aromatic heterocycles. The second-order valence-electron chi connectivity index (χ2n) is 11.4. The van der Waals surface area contributed by atoms with E-state index < -0.39 is 34.3 Å². The fraction of sp³-hybridized carbons (Fsp3) is 0.720. The fourth-order valence-corrected chi connectivity index (χ4v) is 8.09. The Balaban J connectivity index is 1.56. The van der Waals surface area contributed by atoms with Gasteiger partial charge in [-0.05, 0) is 46.1 Å². The highest BCUT2D eigenvalue weighted by atomic mass is 16.9. The van der Waals surface area contributed by atoms with Gasteiger partial charge in [0.1, 0.15) is 40.5 Å². The van der Waals surface area contributed by atoms with Crippen LogP contribution in [0, 0.1) is 18.3 Å². The molecular formula is C25H32O8. The van der Waals surface area contributed by atoms with E-state index in [0.29, 0.717) is 42.7 Å². The van der Waals surface area contributed by atoms with E-state index in [-0.39, 0.29) is 18.5 Å². The average molecular weight is 461 g/mol. The molecule has 1 aromatic carbocycles. The highest BCUT2D eigenvalue weighted by molar-refractivity contribution is 5.98. The third kappa shape index (κ3) is 2.29. The number of aliphatic hydroxyl groups is 2. The largest absolute Gasteiger partial charge is 0.495 e. The van der Waals surface area contributed by atoms with E-state index >= 15 is 0 Å². The Hall–Kier alpha value is -1.87. The van der Waals surface area contributed by atoms with Gasteiger partial charge in [-0.25, -0.2) is 4.79 Å². The van der Waals surface area contributed by atoms with E-state index in [2.05, 4.69) is 6.92 Å². The summed E-state index contributed by atoms with van der Waals surface area (Å²) in [4.78, 5) is 12.5. The van der Waals surface area contributed by atoms with Crippen LogP contribution < -0.4 is 9.47 Å². The summed E-state index contributed by atoms with van der Waals surface area (Å²) in [5.74, 6) is -0.947. The first kappa shape index (κ1) is 21.6. The Morgan fingerprint density at radius 2 is 1.82 bits per heavy atom. The van der Waals surface area contributed by atoms with Gasteiger partial charge in [-0.15, -0.1) is 0 Å². The molecular weight excluding hydrogens is 428 g/mol. The maximum Gasteiger partial charge on any atom is 0.342 e. The van der Waals surface area contributed by atoms with E-state index in [1.807, 2.05) is 27.7 Å². The molecule has 33 heavy (non-hydrogen) atoms. The zero-order valence-corrected chi connectivity index (χ0v) is 20.0. The van der Waals surface area contributed by atoms with Crippen LogP contribution in [0.2, 0.25) is 0 Å². The minimum atomic E-state index is -1.70. The first-order chi connectivity index (χ1) is 15.3. The molecule has 8 nitrogen and oxygen atoms in total.